The molecule has 0 aliphatic heterocycles. The highest BCUT2D eigenvalue weighted by molar-refractivity contribution is 5.96. The lowest BCUT2D eigenvalue weighted by molar-refractivity contribution is 0.398. The lowest BCUT2D eigenvalue weighted by atomic mass is 10.0. The smallest absolute Gasteiger partial charge is 0.212 e. The molecule has 0 unspecified atom stereocenters. The normalized spacial score (nSPS) is 10.8. The second-order valence-electron chi connectivity index (χ2n) is 5.66. The largest absolute Gasteiger partial charge is 0.481 e. The van der Waals surface area contributed by atoms with E-state index in [0.717, 1.165) is 33.2 Å². The summed E-state index contributed by atoms with van der Waals surface area (Å²) in [5, 5.41) is 1.96. The maximum Gasteiger partial charge on any atom is 0.212 e. The minimum atomic E-state index is 0.500. The second-order valence-corrected chi connectivity index (χ2v) is 5.66. The van der Waals surface area contributed by atoms with E-state index in [2.05, 4.69) is 21.0 Å². The van der Waals surface area contributed by atoms with E-state index in [-0.39, 0.29) is 0 Å². The van der Waals surface area contributed by atoms with E-state index in [1.54, 1.807) is 25.7 Å². The van der Waals surface area contributed by atoms with Crippen molar-refractivity contribution in [1.29, 1.82) is 0 Å². The summed E-state index contributed by atoms with van der Waals surface area (Å²) >= 11 is 0. The Hall–Kier alpha value is -3.47. The summed E-state index contributed by atoms with van der Waals surface area (Å²) in [7, 11) is 1.60. The fraction of sp³-hybridized carbons (Fsp3) is 0.0500. The van der Waals surface area contributed by atoms with Gasteiger partial charge >= 0.3 is 0 Å². The van der Waals surface area contributed by atoms with Gasteiger partial charge in [-0.3, -0.25) is 4.98 Å². The molecular weight excluding hydrogens is 312 g/mol. The SMILES string of the molecule is COc1ccc(-c2ccc3cc(-c4cccnc4)nc(N)c3c2)cn1. The Balaban J connectivity index is 1.79. The monoisotopic (exact) mass is 328 g/mol. The number of benzene rings is 1. The van der Waals surface area contributed by atoms with Crippen molar-refractivity contribution in [2.45, 2.75) is 0 Å². The summed E-state index contributed by atoms with van der Waals surface area (Å²) in [5.41, 5.74) is 10.0. The molecule has 0 aliphatic carbocycles. The Bertz CT molecular complexity index is 1030. The molecule has 0 radical (unpaired) electrons. The summed E-state index contributed by atoms with van der Waals surface area (Å²) in [6.07, 6.45) is 5.31. The minimum absolute atomic E-state index is 0.500. The van der Waals surface area contributed by atoms with E-state index in [1.165, 1.54) is 0 Å². The van der Waals surface area contributed by atoms with Gasteiger partial charge in [-0.1, -0.05) is 12.1 Å². The number of nitrogens with two attached hydrogens (primary N) is 1. The number of nitrogens with zero attached hydrogens (tertiary/aromatic N) is 3. The van der Waals surface area contributed by atoms with Crippen molar-refractivity contribution in [2.24, 2.45) is 0 Å². The molecule has 0 atom stereocenters. The molecule has 1 aromatic carbocycles. The van der Waals surface area contributed by atoms with Gasteiger partial charge in [0.15, 0.2) is 0 Å². The van der Waals surface area contributed by atoms with Crippen LogP contribution in [0, 0.1) is 0 Å². The van der Waals surface area contributed by atoms with Gasteiger partial charge in [0.1, 0.15) is 5.82 Å². The third-order valence-corrected chi connectivity index (χ3v) is 4.10. The summed E-state index contributed by atoms with van der Waals surface area (Å²) < 4.78 is 5.10. The van der Waals surface area contributed by atoms with E-state index in [9.17, 15) is 0 Å². The highest BCUT2D eigenvalue weighted by atomic mass is 16.5. The Labute approximate surface area is 145 Å². The highest BCUT2D eigenvalue weighted by Crippen LogP contribution is 2.30. The van der Waals surface area contributed by atoms with Crippen molar-refractivity contribution in [3.8, 4) is 28.3 Å². The van der Waals surface area contributed by atoms with Gasteiger partial charge in [0.05, 0.1) is 12.8 Å². The predicted octanol–water partition coefficient (Wildman–Crippen LogP) is 3.95. The number of hydrogen-bond acceptors (Lipinski definition) is 5. The number of hydrogen-bond donors (Lipinski definition) is 1. The number of methoxy groups -OCH3 is 1. The first-order valence-electron chi connectivity index (χ1n) is 7.86. The van der Waals surface area contributed by atoms with E-state index < -0.39 is 0 Å². The first-order valence-corrected chi connectivity index (χ1v) is 7.86. The fourth-order valence-corrected chi connectivity index (χ4v) is 2.79. The number of rotatable bonds is 3. The maximum atomic E-state index is 6.22. The first-order chi connectivity index (χ1) is 12.2. The molecule has 4 rings (SSSR count). The standard InChI is InChI=1S/C20H16N4O/c1-25-19-7-6-15(12-23-19)13-4-5-14-10-18(16-3-2-8-22-11-16)24-20(21)17(14)9-13/h2-12H,1H3,(H2,21,24). The van der Waals surface area contributed by atoms with Crippen molar-refractivity contribution in [3.05, 3.63) is 67.1 Å². The topological polar surface area (TPSA) is 73.9 Å². The van der Waals surface area contributed by atoms with Gasteiger partial charge in [0.2, 0.25) is 5.88 Å². The van der Waals surface area contributed by atoms with Crippen LogP contribution in [0.25, 0.3) is 33.2 Å². The van der Waals surface area contributed by atoms with E-state index in [1.807, 2.05) is 42.5 Å². The van der Waals surface area contributed by atoms with Crippen LogP contribution in [0.2, 0.25) is 0 Å². The zero-order valence-corrected chi connectivity index (χ0v) is 13.7. The third kappa shape index (κ3) is 2.87. The van der Waals surface area contributed by atoms with Gasteiger partial charge in [-0.25, -0.2) is 9.97 Å². The Morgan fingerprint density at radius 3 is 2.52 bits per heavy atom. The first kappa shape index (κ1) is 15.1. The fourth-order valence-electron chi connectivity index (χ4n) is 2.79. The number of fused-ring (bicyclic) bond motifs is 1. The molecule has 0 spiro atoms. The van der Waals surface area contributed by atoms with E-state index >= 15 is 0 Å². The lowest BCUT2D eigenvalue weighted by Gasteiger charge is -2.09. The third-order valence-electron chi connectivity index (χ3n) is 4.10. The number of aromatic nitrogens is 3. The van der Waals surface area contributed by atoms with Crippen LogP contribution < -0.4 is 10.5 Å². The molecule has 4 aromatic rings. The summed E-state index contributed by atoms with van der Waals surface area (Å²) in [6.45, 7) is 0. The van der Waals surface area contributed by atoms with Crippen molar-refractivity contribution in [2.75, 3.05) is 12.8 Å². The lowest BCUT2D eigenvalue weighted by Crippen LogP contribution is -1.95. The van der Waals surface area contributed by atoms with E-state index in [0.29, 0.717) is 11.7 Å². The molecular formula is C20H16N4O. The van der Waals surface area contributed by atoms with Gasteiger partial charge < -0.3 is 10.5 Å². The van der Waals surface area contributed by atoms with Crippen LogP contribution in [-0.4, -0.2) is 22.1 Å². The van der Waals surface area contributed by atoms with Crippen LogP contribution in [-0.2, 0) is 0 Å². The van der Waals surface area contributed by atoms with Crippen LogP contribution in [0.15, 0.2) is 67.1 Å². The average molecular weight is 328 g/mol. The average Bonchev–Trinajstić information content (AvgIpc) is 2.68. The molecule has 0 amide bonds. The molecule has 3 heterocycles. The molecule has 0 saturated carbocycles. The van der Waals surface area contributed by atoms with Gasteiger partial charge in [0.25, 0.3) is 0 Å². The molecule has 2 N–H and O–H groups in total. The van der Waals surface area contributed by atoms with Gasteiger partial charge in [0, 0.05) is 41.2 Å². The summed E-state index contributed by atoms with van der Waals surface area (Å²) in [6, 6.07) is 15.8. The Morgan fingerprint density at radius 1 is 0.920 bits per heavy atom. The number of anilines is 1. The summed E-state index contributed by atoms with van der Waals surface area (Å²) in [4.78, 5) is 12.9. The van der Waals surface area contributed by atoms with Gasteiger partial charge in [-0.15, -0.1) is 0 Å². The van der Waals surface area contributed by atoms with Crippen molar-refractivity contribution in [3.63, 3.8) is 0 Å². The Kier molecular flexibility index (Phi) is 3.74. The number of ether oxygens (including phenoxy) is 1. The molecule has 3 aromatic heterocycles. The zero-order valence-electron chi connectivity index (χ0n) is 13.7. The van der Waals surface area contributed by atoms with Crippen molar-refractivity contribution < 1.29 is 4.74 Å². The van der Waals surface area contributed by atoms with Crippen LogP contribution in [0.5, 0.6) is 5.88 Å². The van der Waals surface area contributed by atoms with Crippen LogP contribution in [0.3, 0.4) is 0 Å². The second kappa shape index (κ2) is 6.20. The van der Waals surface area contributed by atoms with Gasteiger partial charge in [-0.05, 0) is 41.3 Å². The summed E-state index contributed by atoms with van der Waals surface area (Å²) in [5.74, 6) is 1.09. The highest BCUT2D eigenvalue weighted by Gasteiger charge is 2.08. The van der Waals surface area contributed by atoms with Crippen LogP contribution in [0.1, 0.15) is 0 Å². The molecule has 25 heavy (non-hydrogen) atoms. The van der Waals surface area contributed by atoms with Gasteiger partial charge in [-0.2, -0.15) is 0 Å². The molecule has 0 aliphatic rings. The number of pyridine rings is 3. The molecule has 0 fully saturated rings. The molecule has 0 saturated heterocycles. The van der Waals surface area contributed by atoms with Crippen molar-refractivity contribution in [1.82, 2.24) is 15.0 Å². The molecule has 0 bridgehead atoms. The predicted molar refractivity (Wildman–Crippen MR) is 99.2 cm³/mol. The zero-order chi connectivity index (χ0) is 17.2. The Morgan fingerprint density at radius 2 is 1.80 bits per heavy atom. The minimum Gasteiger partial charge on any atom is -0.481 e. The van der Waals surface area contributed by atoms with Crippen molar-refractivity contribution >= 4 is 16.6 Å². The van der Waals surface area contributed by atoms with Crippen LogP contribution >= 0.6 is 0 Å². The van der Waals surface area contributed by atoms with E-state index in [4.69, 9.17) is 10.5 Å². The maximum absolute atomic E-state index is 6.22. The molecule has 5 nitrogen and oxygen atoms in total. The molecule has 5 heteroatoms. The molecule has 122 valence electrons. The number of nitrogen functional groups attached to an aromatic ring is 1. The van der Waals surface area contributed by atoms with Crippen LogP contribution in [0.4, 0.5) is 5.82 Å². The quantitative estimate of drug-likeness (QED) is 0.616.